The number of aliphatic hydroxyl groups excluding tert-OH is 1. The second-order valence-electron chi connectivity index (χ2n) is 5.04. The van der Waals surface area contributed by atoms with Crippen LogP contribution < -0.4 is 0 Å². The summed E-state index contributed by atoms with van der Waals surface area (Å²) in [7, 11) is 3.31. The molecule has 0 aromatic rings. The lowest BCUT2D eigenvalue weighted by Crippen LogP contribution is -2.33. The fourth-order valence-corrected chi connectivity index (χ4v) is 2.23. The van der Waals surface area contributed by atoms with Crippen LogP contribution in [0, 0.1) is 5.92 Å². The largest absolute Gasteiger partial charge is 0.469 e. The first-order chi connectivity index (χ1) is 8.61. The van der Waals surface area contributed by atoms with Crippen molar-refractivity contribution in [2.45, 2.75) is 31.8 Å². The molecule has 0 saturated carbocycles. The molecule has 0 aliphatic carbocycles. The summed E-state index contributed by atoms with van der Waals surface area (Å²) in [6.45, 7) is 3.21. The van der Waals surface area contributed by atoms with Crippen molar-refractivity contribution in [1.82, 2.24) is 4.90 Å². The van der Waals surface area contributed by atoms with Gasteiger partial charge in [-0.05, 0) is 38.8 Å². The maximum atomic E-state index is 11.0. The summed E-state index contributed by atoms with van der Waals surface area (Å²) in [6.07, 6.45) is 2.83. The quantitative estimate of drug-likeness (QED) is 0.681. The second-order valence-corrected chi connectivity index (χ2v) is 5.04. The summed E-state index contributed by atoms with van der Waals surface area (Å²) >= 11 is 0. The zero-order chi connectivity index (χ0) is 13.4. The van der Waals surface area contributed by atoms with E-state index in [0.29, 0.717) is 6.54 Å². The molecule has 5 nitrogen and oxygen atoms in total. The number of aliphatic hydroxyl groups is 1. The van der Waals surface area contributed by atoms with E-state index >= 15 is 0 Å². The summed E-state index contributed by atoms with van der Waals surface area (Å²) in [5.74, 6) is 0.374. The number of nitrogens with zero attached hydrogens (tertiary/aromatic N) is 1. The average molecular weight is 259 g/mol. The molecular formula is C13H25NO4. The van der Waals surface area contributed by atoms with Crippen LogP contribution in [0.3, 0.4) is 0 Å². The molecule has 0 amide bonds. The Morgan fingerprint density at radius 2 is 2.17 bits per heavy atom. The third-order valence-corrected chi connectivity index (χ3v) is 3.41. The number of carbonyl (C=O) groups excluding carboxylic acids is 1. The van der Waals surface area contributed by atoms with E-state index in [2.05, 4.69) is 9.64 Å². The molecule has 106 valence electrons. The van der Waals surface area contributed by atoms with Crippen molar-refractivity contribution >= 4 is 5.97 Å². The SMILES string of the molecule is COC(=O)CC(O)CN(C)CCC1CCOCC1. The zero-order valence-corrected chi connectivity index (χ0v) is 11.4. The Morgan fingerprint density at radius 1 is 1.50 bits per heavy atom. The molecule has 0 spiro atoms. The van der Waals surface area contributed by atoms with Gasteiger partial charge in [-0.1, -0.05) is 0 Å². The molecule has 18 heavy (non-hydrogen) atoms. The van der Waals surface area contributed by atoms with E-state index in [1.54, 1.807) is 0 Å². The standard InChI is InChI=1S/C13H25NO4/c1-14(10-12(15)9-13(16)17-2)6-3-11-4-7-18-8-5-11/h11-12,15H,3-10H2,1-2H3. The van der Waals surface area contributed by atoms with Gasteiger partial charge in [0.05, 0.1) is 19.6 Å². The highest BCUT2D eigenvalue weighted by atomic mass is 16.5. The molecule has 0 aromatic carbocycles. The van der Waals surface area contributed by atoms with Crippen molar-refractivity contribution in [3.05, 3.63) is 0 Å². The fraction of sp³-hybridized carbons (Fsp3) is 0.923. The Balaban J connectivity index is 2.12. The van der Waals surface area contributed by atoms with Crippen LogP contribution in [0.15, 0.2) is 0 Å². The highest BCUT2D eigenvalue weighted by Crippen LogP contribution is 2.18. The Bertz CT molecular complexity index is 241. The number of ether oxygens (including phenoxy) is 2. The molecule has 0 aromatic heterocycles. The van der Waals surface area contributed by atoms with Gasteiger partial charge in [-0.3, -0.25) is 4.79 Å². The van der Waals surface area contributed by atoms with Gasteiger partial charge >= 0.3 is 5.97 Å². The Hall–Kier alpha value is -0.650. The van der Waals surface area contributed by atoms with E-state index in [1.165, 1.54) is 7.11 Å². The van der Waals surface area contributed by atoms with Gasteiger partial charge in [0.15, 0.2) is 0 Å². The fourth-order valence-electron chi connectivity index (χ4n) is 2.23. The van der Waals surface area contributed by atoms with Gasteiger partial charge in [0.25, 0.3) is 0 Å². The van der Waals surface area contributed by atoms with Gasteiger partial charge in [0.2, 0.25) is 0 Å². The number of carbonyl (C=O) groups is 1. The molecule has 0 bridgehead atoms. The minimum absolute atomic E-state index is 0.0676. The number of hydrogen-bond donors (Lipinski definition) is 1. The maximum Gasteiger partial charge on any atom is 0.308 e. The van der Waals surface area contributed by atoms with Crippen molar-refractivity contribution in [2.24, 2.45) is 5.92 Å². The maximum absolute atomic E-state index is 11.0. The molecular weight excluding hydrogens is 234 g/mol. The van der Waals surface area contributed by atoms with Gasteiger partial charge in [-0.25, -0.2) is 0 Å². The number of hydrogen-bond acceptors (Lipinski definition) is 5. The molecule has 1 heterocycles. The molecule has 1 atom stereocenters. The minimum atomic E-state index is -0.642. The van der Waals surface area contributed by atoms with Gasteiger partial charge in [-0.2, -0.15) is 0 Å². The van der Waals surface area contributed by atoms with E-state index in [0.717, 1.165) is 44.9 Å². The summed E-state index contributed by atoms with van der Waals surface area (Å²) in [5.41, 5.74) is 0. The average Bonchev–Trinajstić information content (AvgIpc) is 2.37. The third kappa shape index (κ3) is 6.33. The van der Waals surface area contributed by atoms with Crippen molar-refractivity contribution in [3.63, 3.8) is 0 Å². The monoisotopic (exact) mass is 259 g/mol. The zero-order valence-electron chi connectivity index (χ0n) is 11.4. The normalized spacial score (nSPS) is 18.9. The Morgan fingerprint density at radius 3 is 2.78 bits per heavy atom. The topological polar surface area (TPSA) is 59.0 Å². The molecule has 1 aliphatic heterocycles. The van der Waals surface area contributed by atoms with Crippen LogP contribution in [0.5, 0.6) is 0 Å². The van der Waals surface area contributed by atoms with Crippen molar-refractivity contribution in [3.8, 4) is 0 Å². The number of esters is 1. The van der Waals surface area contributed by atoms with Crippen LogP contribution in [0.25, 0.3) is 0 Å². The van der Waals surface area contributed by atoms with Gasteiger partial charge < -0.3 is 19.5 Å². The molecule has 1 unspecified atom stereocenters. The lowest BCUT2D eigenvalue weighted by molar-refractivity contribution is -0.143. The van der Waals surface area contributed by atoms with Gasteiger partial charge in [0, 0.05) is 19.8 Å². The van der Waals surface area contributed by atoms with E-state index < -0.39 is 6.10 Å². The van der Waals surface area contributed by atoms with E-state index in [-0.39, 0.29) is 12.4 Å². The first-order valence-corrected chi connectivity index (χ1v) is 6.63. The van der Waals surface area contributed by atoms with Crippen molar-refractivity contribution in [2.75, 3.05) is 40.5 Å². The highest BCUT2D eigenvalue weighted by Gasteiger charge is 2.16. The van der Waals surface area contributed by atoms with Crippen LogP contribution in [0.1, 0.15) is 25.7 Å². The smallest absolute Gasteiger partial charge is 0.308 e. The number of likely N-dealkylation sites (N-methyl/N-ethyl adjacent to an activating group) is 1. The van der Waals surface area contributed by atoms with Crippen LogP contribution in [0.2, 0.25) is 0 Å². The predicted octanol–water partition coefficient (Wildman–Crippen LogP) is 0.659. The third-order valence-electron chi connectivity index (χ3n) is 3.41. The second kappa shape index (κ2) is 8.45. The first kappa shape index (κ1) is 15.4. The van der Waals surface area contributed by atoms with Crippen molar-refractivity contribution < 1.29 is 19.4 Å². The van der Waals surface area contributed by atoms with Gasteiger partial charge in [-0.15, -0.1) is 0 Å². The Labute approximate surface area is 109 Å². The molecule has 1 saturated heterocycles. The van der Waals surface area contributed by atoms with Crippen molar-refractivity contribution in [1.29, 1.82) is 0 Å². The number of methoxy groups -OCH3 is 1. The molecule has 1 aliphatic rings. The molecule has 0 radical (unpaired) electrons. The van der Waals surface area contributed by atoms with Gasteiger partial charge in [0.1, 0.15) is 0 Å². The lowest BCUT2D eigenvalue weighted by Gasteiger charge is -2.25. The van der Waals surface area contributed by atoms with Crippen LogP contribution in [-0.4, -0.2) is 62.5 Å². The van der Waals surface area contributed by atoms with Crippen LogP contribution in [0.4, 0.5) is 0 Å². The lowest BCUT2D eigenvalue weighted by atomic mass is 9.96. The summed E-state index contributed by atoms with van der Waals surface area (Å²) in [4.78, 5) is 13.1. The highest BCUT2D eigenvalue weighted by molar-refractivity contribution is 5.69. The van der Waals surface area contributed by atoms with Crippen LogP contribution in [-0.2, 0) is 14.3 Å². The Kier molecular flexibility index (Phi) is 7.23. The summed E-state index contributed by atoms with van der Waals surface area (Å²) in [5, 5.41) is 9.70. The first-order valence-electron chi connectivity index (χ1n) is 6.63. The van der Waals surface area contributed by atoms with E-state index in [1.807, 2.05) is 7.05 Å². The molecule has 1 fully saturated rings. The minimum Gasteiger partial charge on any atom is -0.469 e. The molecule has 5 heteroatoms. The van der Waals surface area contributed by atoms with Crippen LogP contribution >= 0.6 is 0 Å². The summed E-state index contributed by atoms with van der Waals surface area (Å²) < 4.78 is 9.85. The summed E-state index contributed by atoms with van der Waals surface area (Å²) in [6, 6.07) is 0. The molecule has 1 rings (SSSR count). The predicted molar refractivity (Wildman–Crippen MR) is 68.3 cm³/mol. The molecule has 1 N–H and O–H groups in total. The van der Waals surface area contributed by atoms with E-state index in [4.69, 9.17) is 4.74 Å². The van der Waals surface area contributed by atoms with E-state index in [9.17, 15) is 9.90 Å². The number of rotatable bonds is 7.